The number of methoxy groups -OCH3 is 2. The molecule has 0 spiro atoms. The average molecular weight is 809 g/mol. The number of benzene rings is 3. The van der Waals surface area contributed by atoms with Crippen LogP contribution < -0.4 is 10.6 Å². The largest absolute Gasteiger partial charge is 0.453 e. The van der Waals surface area contributed by atoms with Crippen LogP contribution in [0.5, 0.6) is 0 Å². The van der Waals surface area contributed by atoms with Crippen LogP contribution in [0.4, 0.5) is 9.59 Å². The molecule has 58 heavy (non-hydrogen) atoms. The Morgan fingerprint density at radius 2 is 1.48 bits per heavy atom. The van der Waals surface area contributed by atoms with Crippen LogP contribution in [0.1, 0.15) is 57.3 Å². The first-order chi connectivity index (χ1) is 27.7. The van der Waals surface area contributed by atoms with Gasteiger partial charge in [-0.2, -0.15) is 0 Å². The van der Waals surface area contributed by atoms with Crippen molar-refractivity contribution >= 4 is 53.9 Å². The molecule has 3 aromatic carbocycles. The Bertz CT molecular complexity index is 2340. The van der Waals surface area contributed by atoms with Crippen molar-refractivity contribution in [3.05, 3.63) is 72.4 Å². The number of hydrogen-bond donors (Lipinski definition) is 5. The molecule has 4 amide bonds. The number of carbonyl (C=O) groups excluding carboxylic acids is 4. The molecule has 2 aliphatic heterocycles. The van der Waals surface area contributed by atoms with Gasteiger partial charge in [0.2, 0.25) is 11.8 Å². The van der Waals surface area contributed by atoms with Gasteiger partial charge in [-0.05, 0) is 65.9 Å². The number of H-pyrrole nitrogens is 2. The fourth-order valence-corrected chi connectivity index (χ4v) is 11.2. The zero-order valence-electron chi connectivity index (χ0n) is 34.0. The number of aliphatic hydroxyl groups excluding tert-OH is 1. The van der Waals surface area contributed by atoms with Crippen molar-refractivity contribution in [1.29, 1.82) is 0 Å². The maximum absolute atomic E-state index is 14.0. The Morgan fingerprint density at radius 3 is 2.16 bits per heavy atom. The fourth-order valence-electron chi connectivity index (χ4n) is 8.34. The molecule has 2 aliphatic rings. The molecule has 7 rings (SSSR count). The Kier molecular flexibility index (Phi) is 11.3. The molecule has 5 N–H and O–H groups in total. The van der Waals surface area contributed by atoms with Gasteiger partial charge in [0.25, 0.3) is 0 Å². The van der Waals surface area contributed by atoms with Gasteiger partial charge in [0.15, 0.2) is 0 Å². The number of nitrogens with one attached hydrogen (secondary N) is 4. The molecule has 4 heterocycles. The Morgan fingerprint density at radius 1 is 0.828 bits per heavy atom. The van der Waals surface area contributed by atoms with E-state index < -0.39 is 44.4 Å². The van der Waals surface area contributed by atoms with Crippen LogP contribution in [0.2, 0.25) is 19.1 Å². The molecule has 15 nitrogen and oxygen atoms in total. The van der Waals surface area contributed by atoms with Gasteiger partial charge in [0, 0.05) is 18.1 Å². The number of aliphatic hydroxyl groups is 1. The maximum Gasteiger partial charge on any atom is 0.407 e. The van der Waals surface area contributed by atoms with Gasteiger partial charge in [0.05, 0.1) is 63.4 Å². The number of aromatic amines is 2. The lowest BCUT2D eigenvalue weighted by Gasteiger charge is -2.30. The molecule has 0 bridgehead atoms. The molecule has 5 atom stereocenters. The Hall–Kier alpha value is -5.74. The first-order valence-electron chi connectivity index (χ1n) is 19.7. The number of nitrogens with zero attached hydrogens (tertiary/aromatic N) is 4. The van der Waals surface area contributed by atoms with Crippen LogP contribution in [0.15, 0.2) is 60.8 Å². The first kappa shape index (κ1) is 40.5. The molecule has 0 radical (unpaired) electrons. The molecule has 2 aromatic heterocycles. The highest BCUT2D eigenvalue weighted by atomic mass is 28.3. The number of amides is 4. The van der Waals surface area contributed by atoms with Gasteiger partial charge in [-0.1, -0.05) is 69.4 Å². The molecule has 2 fully saturated rings. The molecular formula is C42H52N8O7Si. The van der Waals surface area contributed by atoms with Crippen LogP contribution in [0.25, 0.3) is 44.2 Å². The minimum atomic E-state index is -1.78. The van der Waals surface area contributed by atoms with Crippen molar-refractivity contribution in [3.8, 4) is 22.4 Å². The van der Waals surface area contributed by atoms with Gasteiger partial charge < -0.3 is 45.0 Å². The van der Waals surface area contributed by atoms with Gasteiger partial charge in [-0.25, -0.2) is 19.6 Å². The minimum Gasteiger partial charge on any atom is -0.453 e. The third-order valence-corrected chi connectivity index (χ3v) is 14.1. The van der Waals surface area contributed by atoms with Crippen LogP contribution in [0.3, 0.4) is 0 Å². The van der Waals surface area contributed by atoms with E-state index in [1.54, 1.807) is 11.1 Å². The molecular weight excluding hydrogens is 757 g/mol. The molecule has 2 saturated heterocycles. The second-order valence-electron chi connectivity index (χ2n) is 16.5. The summed E-state index contributed by atoms with van der Waals surface area (Å²) in [5, 5.41) is 17.5. The Balaban J connectivity index is 1.09. The standard InChI is InChI=1S/C42H52N8O7Si/c1-23(2)34(47-41(54)56-4)39(52)50-22-58(6,7)21-33(50)38-44-30-17-15-28-19-27(14-16-29(28)36(30)46-38)25-10-12-26(13-11-25)31-20-43-37(45-31)32-9-8-18-49(32)40(53)35(24(3)51)48-42(55)57-5/h10-17,19-20,23-24,32-35,51H,8-9,18,21-22H2,1-7H3,(H,43,45)(H,44,46)(H,47,54)(H,48,55)/t24?,32-,33-,34-,35-/m0/s1. The summed E-state index contributed by atoms with van der Waals surface area (Å²) in [6.07, 6.45) is 1.38. The molecule has 0 aliphatic carbocycles. The highest BCUT2D eigenvalue weighted by Gasteiger charge is 2.46. The van der Waals surface area contributed by atoms with Crippen LogP contribution >= 0.6 is 0 Å². The number of carbonyl (C=O) groups is 4. The van der Waals surface area contributed by atoms with Crippen molar-refractivity contribution < 1.29 is 33.8 Å². The third-order valence-electron chi connectivity index (χ3n) is 11.4. The number of aromatic nitrogens is 4. The minimum absolute atomic E-state index is 0.122. The number of hydrogen-bond acceptors (Lipinski definition) is 9. The van der Waals surface area contributed by atoms with Crippen molar-refractivity contribution in [2.45, 2.75) is 83.0 Å². The van der Waals surface area contributed by atoms with Crippen LogP contribution in [-0.4, -0.2) is 112 Å². The molecule has 1 unspecified atom stereocenters. The monoisotopic (exact) mass is 808 g/mol. The van der Waals surface area contributed by atoms with Gasteiger partial charge in [0.1, 0.15) is 23.7 Å². The number of ether oxygens (including phenoxy) is 2. The summed E-state index contributed by atoms with van der Waals surface area (Å²) < 4.78 is 9.48. The van der Waals surface area contributed by atoms with E-state index in [4.69, 9.17) is 9.72 Å². The van der Waals surface area contributed by atoms with Crippen molar-refractivity contribution in [3.63, 3.8) is 0 Å². The van der Waals surface area contributed by atoms with E-state index in [0.717, 1.165) is 62.5 Å². The maximum atomic E-state index is 14.0. The first-order valence-corrected chi connectivity index (χ1v) is 23.2. The Labute approximate surface area is 337 Å². The third kappa shape index (κ3) is 8.03. The SMILES string of the molecule is COC(=O)N[C@H](C(=O)N1C[Si](C)(C)C[C@H]1c1nc2c(ccc3cc(-c4ccc(-c5cnc([C@@H]6CCCN6C(=O)[C@@H](NC(=O)OC)C(C)O)[nH]5)cc4)ccc32)[nH]1)C(C)C. The molecule has 0 saturated carbocycles. The van der Waals surface area contributed by atoms with E-state index in [-0.39, 0.29) is 23.9 Å². The topological polar surface area (TPSA) is 195 Å². The highest BCUT2D eigenvalue weighted by Crippen LogP contribution is 2.39. The van der Waals surface area contributed by atoms with Crippen molar-refractivity contribution in [2.24, 2.45) is 5.92 Å². The summed E-state index contributed by atoms with van der Waals surface area (Å²) >= 11 is 0. The second-order valence-corrected chi connectivity index (χ2v) is 21.6. The lowest BCUT2D eigenvalue weighted by molar-refractivity contribution is -0.137. The fraction of sp³-hybridized carbons (Fsp3) is 0.429. The predicted molar refractivity (Wildman–Crippen MR) is 222 cm³/mol. The lowest BCUT2D eigenvalue weighted by Crippen LogP contribution is -2.53. The van der Waals surface area contributed by atoms with E-state index in [0.29, 0.717) is 25.0 Å². The molecule has 16 heteroatoms. The van der Waals surface area contributed by atoms with E-state index in [1.165, 1.54) is 21.1 Å². The number of likely N-dealkylation sites (tertiary alicyclic amines) is 1. The smallest absolute Gasteiger partial charge is 0.407 e. The summed E-state index contributed by atoms with van der Waals surface area (Å²) in [6.45, 7) is 10.3. The van der Waals surface area contributed by atoms with Crippen molar-refractivity contribution in [1.82, 2.24) is 40.4 Å². The average Bonchev–Trinajstić information content (AvgIpc) is 4.03. The zero-order chi connectivity index (χ0) is 41.5. The zero-order valence-corrected chi connectivity index (χ0v) is 35.0. The van der Waals surface area contributed by atoms with Crippen LogP contribution in [0, 0.1) is 5.92 Å². The summed E-state index contributed by atoms with van der Waals surface area (Å²) in [5.41, 5.74) is 5.58. The van der Waals surface area contributed by atoms with E-state index in [1.807, 2.05) is 36.9 Å². The number of fused-ring (bicyclic) bond motifs is 3. The highest BCUT2D eigenvalue weighted by molar-refractivity contribution is 6.78. The normalized spacial score (nSPS) is 19.3. The van der Waals surface area contributed by atoms with E-state index in [2.05, 4.69) is 79.8 Å². The summed E-state index contributed by atoms with van der Waals surface area (Å²) in [7, 11) is 0.727. The molecule has 5 aromatic rings. The number of imidazole rings is 2. The quantitative estimate of drug-likeness (QED) is 0.104. The second kappa shape index (κ2) is 16.3. The summed E-state index contributed by atoms with van der Waals surface area (Å²) in [4.78, 5) is 71.6. The van der Waals surface area contributed by atoms with Crippen LogP contribution in [-0.2, 0) is 19.1 Å². The van der Waals surface area contributed by atoms with Gasteiger partial charge in [-0.3, -0.25) is 9.59 Å². The number of alkyl carbamates (subject to hydrolysis) is 2. The van der Waals surface area contributed by atoms with Crippen molar-refractivity contribution in [2.75, 3.05) is 26.9 Å². The summed E-state index contributed by atoms with van der Waals surface area (Å²) in [5.74, 6) is 0.760. The summed E-state index contributed by atoms with van der Waals surface area (Å²) in [6, 6.07) is 17.1. The van der Waals surface area contributed by atoms with E-state index >= 15 is 0 Å². The number of rotatable bonds is 10. The lowest BCUT2D eigenvalue weighted by atomic mass is 9.99. The van der Waals surface area contributed by atoms with Gasteiger partial charge >= 0.3 is 12.2 Å². The molecule has 306 valence electrons. The van der Waals surface area contributed by atoms with Gasteiger partial charge in [-0.15, -0.1) is 0 Å². The van der Waals surface area contributed by atoms with E-state index in [9.17, 15) is 24.3 Å². The predicted octanol–water partition coefficient (Wildman–Crippen LogP) is 6.05.